The number of aryl methyl sites for hydroxylation is 3. The van der Waals surface area contributed by atoms with E-state index >= 15 is 0 Å². The van der Waals surface area contributed by atoms with E-state index in [1.165, 1.54) is 10.8 Å². The van der Waals surface area contributed by atoms with Crippen LogP contribution >= 0.6 is 21.6 Å². The van der Waals surface area contributed by atoms with E-state index in [9.17, 15) is 22.8 Å². The standard InChI is InChI=1S/C18H23N3O3S2.C2HF3O2/c1-12-8-13(2)10-15(9-12)21-14(3)11-16(20-21)18(24)19-5-7-26-25-6-4-17(22)23;3-2(4,5)1(6)7/h8-11H,4-7H2,1-3H3,(H,19,24)(H,22,23);(H,6,7). The van der Waals surface area contributed by atoms with E-state index < -0.39 is 18.1 Å². The maximum atomic E-state index is 12.3. The molecule has 13 heteroatoms. The molecule has 0 atom stereocenters. The third-order valence-electron chi connectivity index (χ3n) is 3.77. The first kappa shape index (κ1) is 28.4. The number of amides is 1. The van der Waals surface area contributed by atoms with Crippen molar-refractivity contribution in [1.82, 2.24) is 15.1 Å². The van der Waals surface area contributed by atoms with Gasteiger partial charge in [0.15, 0.2) is 5.69 Å². The van der Waals surface area contributed by atoms with Crippen molar-refractivity contribution in [2.75, 3.05) is 18.1 Å². The summed E-state index contributed by atoms with van der Waals surface area (Å²) < 4.78 is 33.5. The van der Waals surface area contributed by atoms with Gasteiger partial charge in [0.2, 0.25) is 0 Å². The molecule has 2 aromatic rings. The van der Waals surface area contributed by atoms with Crippen LogP contribution in [0.1, 0.15) is 33.7 Å². The lowest BCUT2D eigenvalue weighted by Gasteiger charge is -2.07. The van der Waals surface area contributed by atoms with E-state index in [4.69, 9.17) is 15.0 Å². The van der Waals surface area contributed by atoms with Crippen LogP contribution in [0.3, 0.4) is 0 Å². The Bertz CT molecular complexity index is 960. The maximum Gasteiger partial charge on any atom is 0.490 e. The van der Waals surface area contributed by atoms with Gasteiger partial charge in [-0.25, -0.2) is 9.48 Å². The van der Waals surface area contributed by atoms with Crippen LogP contribution < -0.4 is 5.32 Å². The fraction of sp³-hybridized carbons (Fsp3) is 0.400. The highest BCUT2D eigenvalue weighted by molar-refractivity contribution is 8.76. The number of nitrogens with zero attached hydrogens (tertiary/aromatic N) is 2. The van der Waals surface area contributed by atoms with E-state index in [-0.39, 0.29) is 12.3 Å². The van der Waals surface area contributed by atoms with E-state index in [0.717, 1.165) is 22.5 Å². The number of aliphatic carboxylic acids is 2. The van der Waals surface area contributed by atoms with Gasteiger partial charge in [-0.15, -0.1) is 0 Å². The van der Waals surface area contributed by atoms with E-state index in [1.807, 2.05) is 32.9 Å². The minimum atomic E-state index is -5.08. The predicted molar refractivity (Wildman–Crippen MR) is 121 cm³/mol. The minimum absolute atomic E-state index is 0.152. The van der Waals surface area contributed by atoms with Gasteiger partial charge < -0.3 is 15.5 Å². The Morgan fingerprint density at radius 1 is 1.00 bits per heavy atom. The zero-order valence-electron chi connectivity index (χ0n) is 18.1. The summed E-state index contributed by atoms with van der Waals surface area (Å²) in [5, 5.41) is 23.0. The third kappa shape index (κ3) is 10.7. The average molecular weight is 508 g/mol. The van der Waals surface area contributed by atoms with E-state index in [2.05, 4.69) is 16.5 Å². The number of rotatable bonds is 9. The number of halogens is 3. The number of nitrogens with one attached hydrogen (secondary N) is 1. The summed E-state index contributed by atoms with van der Waals surface area (Å²) >= 11 is 0. The van der Waals surface area contributed by atoms with Crippen molar-refractivity contribution in [2.24, 2.45) is 0 Å². The molecule has 3 N–H and O–H groups in total. The third-order valence-corrected chi connectivity index (χ3v) is 6.18. The Morgan fingerprint density at radius 3 is 2.06 bits per heavy atom. The molecule has 1 amide bonds. The molecule has 2 rings (SSSR count). The summed E-state index contributed by atoms with van der Waals surface area (Å²) in [7, 11) is 3.05. The SMILES string of the molecule is Cc1cc(C)cc(-n2nc(C(=O)NCCSSCCC(=O)O)cc2C)c1.O=C(O)C(F)(F)F. The van der Waals surface area contributed by atoms with Crippen molar-refractivity contribution < 1.29 is 37.8 Å². The lowest BCUT2D eigenvalue weighted by molar-refractivity contribution is -0.192. The Labute approximate surface area is 196 Å². The lowest BCUT2D eigenvalue weighted by Crippen LogP contribution is -2.26. The molecular formula is C20H24F3N3O5S2. The van der Waals surface area contributed by atoms with Crippen LogP contribution in [0.4, 0.5) is 13.2 Å². The largest absolute Gasteiger partial charge is 0.490 e. The van der Waals surface area contributed by atoms with E-state index in [1.54, 1.807) is 21.5 Å². The van der Waals surface area contributed by atoms with Crippen LogP contribution in [-0.4, -0.2) is 62.1 Å². The zero-order valence-corrected chi connectivity index (χ0v) is 19.7. The number of carboxylic acids is 2. The van der Waals surface area contributed by atoms with Crippen LogP contribution in [-0.2, 0) is 9.59 Å². The molecule has 1 aromatic carbocycles. The molecule has 0 aliphatic rings. The molecule has 0 radical (unpaired) electrons. The monoisotopic (exact) mass is 507 g/mol. The van der Waals surface area contributed by atoms with Crippen molar-refractivity contribution in [3.8, 4) is 5.69 Å². The fourth-order valence-corrected chi connectivity index (χ4v) is 4.35. The van der Waals surface area contributed by atoms with Gasteiger partial charge in [0, 0.05) is 23.7 Å². The molecule has 33 heavy (non-hydrogen) atoms. The summed E-state index contributed by atoms with van der Waals surface area (Å²) in [5.41, 5.74) is 4.55. The molecule has 1 heterocycles. The zero-order chi connectivity index (χ0) is 25.2. The molecule has 0 fully saturated rings. The van der Waals surface area contributed by atoms with Crippen molar-refractivity contribution in [3.63, 3.8) is 0 Å². The van der Waals surface area contributed by atoms with Crippen molar-refractivity contribution >= 4 is 39.4 Å². The predicted octanol–water partition coefficient (Wildman–Crippen LogP) is 4.02. The molecule has 0 aliphatic carbocycles. The smallest absolute Gasteiger partial charge is 0.481 e. The average Bonchev–Trinajstić information content (AvgIpc) is 3.07. The molecule has 0 saturated heterocycles. The second kappa shape index (κ2) is 13.1. The minimum Gasteiger partial charge on any atom is -0.481 e. The molecule has 8 nitrogen and oxygen atoms in total. The van der Waals surface area contributed by atoms with Gasteiger partial charge in [-0.3, -0.25) is 9.59 Å². The first-order valence-electron chi connectivity index (χ1n) is 9.51. The van der Waals surface area contributed by atoms with Gasteiger partial charge in [-0.1, -0.05) is 27.7 Å². The Balaban J connectivity index is 0.000000675. The summed E-state index contributed by atoms with van der Waals surface area (Å²) in [6.45, 7) is 6.51. The summed E-state index contributed by atoms with van der Waals surface area (Å²) in [5.74, 6) is -2.47. The summed E-state index contributed by atoms with van der Waals surface area (Å²) in [6.07, 6.45) is -4.93. The number of carboxylic acid groups (broad SMARTS) is 2. The Kier molecular flexibility index (Phi) is 11.3. The van der Waals surface area contributed by atoms with Gasteiger partial charge in [0.1, 0.15) is 0 Å². The quantitative estimate of drug-likeness (QED) is 0.344. The number of hydrogen-bond acceptors (Lipinski definition) is 6. The van der Waals surface area contributed by atoms with Gasteiger partial charge in [-0.05, 0) is 50.1 Å². The second-order valence-corrected chi connectivity index (χ2v) is 9.48. The van der Waals surface area contributed by atoms with Crippen molar-refractivity contribution in [3.05, 3.63) is 46.8 Å². The number of carbonyl (C=O) groups excluding carboxylic acids is 1. The highest BCUT2D eigenvalue weighted by atomic mass is 33.1. The van der Waals surface area contributed by atoms with Crippen LogP contribution in [0.15, 0.2) is 24.3 Å². The van der Waals surface area contributed by atoms with Gasteiger partial charge in [0.05, 0.1) is 12.1 Å². The first-order valence-corrected chi connectivity index (χ1v) is 12.0. The maximum absolute atomic E-state index is 12.3. The van der Waals surface area contributed by atoms with Gasteiger partial charge in [0.25, 0.3) is 5.91 Å². The molecule has 182 valence electrons. The number of aromatic nitrogens is 2. The first-order chi connectivity index (χ1) is 15.3. The molecule has 0 aliphatic heterocycles. The van der Waals surface area contributed by atoms with Gasteiger partial charge >= 0.3 is 18.1 Å². The number of hydrogen-bond donors (Lipinski definition) is 3. The highest BCUT2D eigenvalue weighted by Crippen LogP contribution is 2.21. The van der Waals surface area contributed by atoms with Crippen LogP contribution in [0.5, 0.6) is 0 Å². The lowest BCUT2D eigenvalue weighted by atomic mass is 10.1. The number of alkyl halides is 3. The van der Waals surface area contributed by atoms with Gasteiger partial charge in [-0.2, -0.15) is 18.3 Å². The highest BCUT2D eigenvalue weighted by Gasteiger charge is 2.38. The Morgan fingerprint density at radius 2 is 1.55 bits per heavy atom. The molecule has 0 bridgehead atoms. The number of benzene rings is 1. The fourth-order valence-electron chi connectivity index (χ4n) is 2.46. The summed E-state index contributed by atoms with van der Waals surface area (Å²) in [4.78, 5) is 31.6. The van der Waals surface area contributed by atoms with E-state index in [0.29, 0.717) is 23.7 Å². The Hall–Kier alpha value is -2.67. The van der Waals surface area contributed by atoms with Crippen LogP contribution in [0, 0.1) is 20.8 Å². The topological polar surface area (TPSA) is 122 Å². The molecule has 0 unspecified atom stereocenters. The van der Waals surface area contributed by atoms with Crippen molar-refractivity contribution in [1.29, 1.82) is 0 Å². The summed E-state index contributed by atoms with van der Waals surface area (Å²) in [6, 6.07) is 7.96. The second-order valence-electron chi connectivity index (χ2n) is 6.78. The van der Waals surface area contributed by atoms with Crippen LogP contribution in [0.25, 0.3) is 5.69 Å². The molecule has 0 saturated carbocycles. The molecule has 1 aromatic heterocycles. The molecule has 0 spiro atoms. The van der Waals surface area contributed by atoms with Crippen molar-refractivity contribution in [2.45, 2.75) is 33.4 Å². The number of carbonyl (C=O) groups is 3. The normalized spacial score (nSPS) is 10.8. The molecular weight excluding hydrogens is 483 g/mol. The van der Waals surface area contributed by atoms with Crippen LogP contribution in [0.2, 0.25) is 0 Å².